The smallest absolute Gasteiger partial charge is 0.221 e. The van der Waals surface area contributed by atoms with Gasteiger partial charge in [-0.05, 0) is 18.9 Å². The minimum absolute atomic E-state index is 0.116. The van der Waals surface area contributed by atoms with E-state index in [9.17, 15) is 0 Å². The van der Waals surface area contributed by atoms with E-state index in [1.54, 1.807) is 0 Å². The number of aromatic nitrogens is 3. The predicted molar refractivity (Wildman–Crippen MR) is 75.5 cm³/mol. The third kappa shape index (κ3) is 1.50. The van der Waals surface area contributed by atoms with Crippen molar-refractivity contribution in [2.24, 2.45) is 4.99 Å². The molecule has 0 atom stereocenters. The first-order valence-electron chi connectivity index (χ1n) is 6.93. The second kappa shape index (κ2) is 3.79. The van der Waals surface area contributed by atoms with Gasteiger partial charge in [-0.1, -0.05) is 19.3 Å². The van der Waals surface area contributed by atoms with E-state index in [4.69, 9.17) is 5.73 Å². The van der Waals surface area contributed by atoms with E-state index in [1.165, 1.54) is 32.1 Å². The number of anilines is 1. The Hall–Kier alpha value is -1.91. The van der Waals surface area contributed by atoms with Crippen LogP contribution in [0.1, 0.15) is 37.8 Å². The second-order valence-corrected chi connectivity index (χ2v) is 5.67. The van der Waals surface area contributed by atoms with Gasteiger partial charge in [0.25, 0.3) is 0 Å². The maximum Gasteiger partial charge on any atom is 0.221 e. The summed E-state index contributed by atoms with van der Waals surface area (Å²) in [5.41, 5.74) is 7.99. The first kappa shape index (κ1) is 11.0. The molecule has 3 heterocycles. The van der Waals surface area contributed by atoms with Crippen LogP contribution in [0.15, 0.2) is 17.3 Å². The van der Waals surface area contributed by atoms with Crippen LogP contribution >= 0.6 is 0 Å². The monoisotopic (exact) mass is 255 g/mol. The lowest BCUT2D eigenvalue weighted by Crippen LogP contribution is -2.42. The zero-order valence-electron chi connectivity index (χ0n) is 10.8. The highest BCUT2D eigenvalue weighted by Gasteiger charge is 2.38. The van der Waals surface area contributed by atoms with Gasteiger partial charge in [0.2, 0.25) is 5.95 Å². The van der Waals surface area contributed by atoms with Gasteiger partial charge in [0.15, 0.2) is 0 Å². The summed E-state index contributed by atoms with van der Waals surface area (Å²) in [6.45, 7) is 0.869. The maximum atomic E-state index is 5.76. The Kier molecular flexibility index (Phi) is 2.19. The minimum atomic E-state index is 0.116. The molecule has 98 valence electrons. The van der Waals surface area contributed by atoms with E-state index in [-0.39, 0.29) is 5.54 Å². The number of fused-ring (bicyclic) bond motifs is 4. The Morgan fingerprint density at radius 1 is 1.21 bits per heavy atom. The summed E-state index contributed by atoms with van der Waals surface area (Å²) in [4.78, 5) is 13.1. The number of nitrogen functional groups attached to an aromatic ring is 1. The van der Waals surface area contributed by atoms with Gasteiger partial charge in [0, 0.05) is 17.8 Å². The van der Waals surface area contributed by atoms with Gasteiger partial charge in [0.1, 0.15) is 5.65 Å². The van der Waals surface area contributed by atoms with Crippen LogP contribution in [0.25, 0.3) is 11.0 Å². The fourth-order valence-electron chi connectivity index (χ4n) is 3.59. The Labute approximate surface area is 111 Å². The number of nitrogens with two attached hydrogens (primary N) is 1. The van der Waals surface area contributed by atoms with Gasteiger partial charge in [0.05, 0.1) is 17.8 Å². The molecule has 0 aromatic carbocycles. The summed E-state index contributed by atoms with van der Waals surface area (Å²) in [7, 11) is 0. The lowest BCUT2D eigenvalue weighted by Gasteiger charge is -2.40. The summed E-state index contributed by atoms with van der Waals surface area (Å²) in [5.74, 6) is 0.349. The van der Waals surface area contributed by atoms with Gasteiger partial charge >= 0.3 is 0 Å². The van der Waals surface area contributed by atoms with Crippen LogP contribution < -0.4 is 5.73 Å². The van der Waals surface area contributed by atoms with E-state index in [0.717, 1.165) is 23.3 Å². The topological polar surface area (TPSA) is 69.1 Å². The normalized spacial score (nSPS) is 20.8. The summed E-state index contributed by atoms with van der Waals surface area (Å²) < 4.78 is 2.37. The van der Waals surface area contributed by atoms with Gasteiger partial charge in [-0.25, -0.2) is 4.98 Å². The predicted octanol–water partition coefficient (Wildman–Crippen LogP) is 2.11. The third-order valence-corrected chi connectivity index (χ3v) is 4.46. The van der Waals surface area contributed by atoms with Crippen molar-refractivity contribution < 1.29 is 0 Å². The van der Waals surface area contributed by atoms with Crippen molar-refractivity contribution in [3.8, 4) is 0 Å². The van der Waals surface area contributed by atoms with Gasteiger partial charge in [-0.15, -0.1) is 0 Å². The van der Waals surface area contributed by atoms with Gasteiger partial charge < -0.3 is 10.3 Å². The lowest BCUT2D eigenvalue weighted by molar-refractivity contribution is 0.204. The van der Waals surface area contributed by atoms with Crippen LogP contribution in [0.3, 0.4) is 0 Å². The van der Waals surface area contributed by atoms with Crippen LogP contribution in [-0.2, 0) is 5.54 Å². The molecule has 0 amide bonds. The molecule has 2 aliphatic rings. The molecule has 1 fully saturated rings. The van der Waals surface area contributed by atoms with E-state index in [0.29, 0.717) is 5.95 Å². The van der Waals surface area contributed by atoms with Crippen LogP contribution in [0, 0.1) is 0 Å². The molecule has 0 radical (unpaired) electrons. The summed E-state index contributed by atoms with van der Waals surface area (Å²) in [5, 5.41) is 1.06. The number of rotatable bonds is 0. The van der Waals surface area contributed by atoms with E-state index >= 15 is 0 Å². The summed E-state index contributed by atoms with van der Waals surface area (Å²) in [6.07, 6.45) is 10.0. The van der Waals surface area contributed by atoms with Crippen LogP contribution in [-0.4, -0.2) is 27.3 Å². The average Bonchev–Trinajstić information content (AvgIpc) is 2.79. The fraction of sp³-hybridized carbons (Fsp3) is 0.500. The first-order valence-corrected chi connectivity index (χ1v) is 6.93. The average molecular weight is 255 g/mol. The second-order valence-electron chi connectivity index (χ2n) is 5.67. The molecule has 1 saturated carbocycles. The molecule has 5 heteroatoms. The quantitative estimate of drug-likeness (QED) is 0.783. The van der Waals surface area contributed by atoms with E-state index < -0.39 is 0 Å². The standard InChI is InChI=1S/C14H17N5/c15-13-17-7-10-6-11-8-16-9-14(4-2-1-3-5-14)19(11)12(10)18-13/h6-8H,1-5,9H2,(H2,15,17,18). The molecule has 2 aromatic heterocycles. The van der Waals surface area contributed by atoms with Crippen molar-refractivity contribution in [2.45, 2.75) is 37.6 Å². The Balaban J connectivity index is 2.00. The largest absolute Gasteiger partial charge is 0.368 e. The molecular weight excluding hydrogens is 238 g/mol. The molecule has 19 heavy (non-hydrogen) atoms. The zero-order valence-corrected chi connectivity index (χ0v) is 10.8. The molecule has 1 aliphatic heterocycles. The SMILES string of the molecule is Nc1ncc2cc3n(c2n1)C1(CCCCC1)CN=C3. The summed E-state index contributed by atoms with van der Waals surface area (Å²) >= 11 is 0. The maximum absolute atomic E-state index is 5.76. The number of hydrogen-bond donors (Lipinski definition) is 1. The van der Waals surface area contributed by atoms with Gasteiger partial charge in [-0.2, -0.15) is 4.98 Å². The molecule has 1 aliphatic carbocycles. The molecular formula is C14H17N5. The van der Waals surface area contributed by atoms with Crippen molar-refractivity contribution in [3.63, 3.8) is 0 Å². The number of aliphatic imine (C=N–C) groups is 1. The Bertz CT molecular complexity index is 664. The van der Waals surface area contributed by atoms with Crippen molar-refractivity contribution in [2.75, 3.05) is 12.3 Å². The lowest BCUT2D eigenvalue weighted by atomic mass is 9.80. The first-order chi connectivity index (χ1) is 9.28. The van der Waals surface area contributed by atoms with E-state index in [2.05, 4.69) is 25.6 Å². The van der Waals surface area contributed by atoms with Crippen LogP contribution in [0.5, 0.6) is 0 Å². The van der Waals surface area contributed by atoms with Crippen molar-refractivity contribution in [1.29, 1.82) is 0 Å². The molecule has 2 N–H and O–H groups in total. The van der Waals surface area contributed by atoms with E-state index in [1.807, 2.05) is 12.4 Å². The highest BCUT2D eigenvalue weighted by atomic mass is 15.2. The van der Waals surface area contributed by atoms with Gasteiger partial charge in [-0.3, -0.25) is 4.99 Å². The zero-order chi connectivity index (χ0) is 12.9. The molecule has 2 aromatic rings. The Morgan fingerprint density at radius 3 is 2.89 bits per heavy atom. The molecule has 1 spiro atoms. The molecule has 0 saturated heterocycles. The third-order valence-electron chi connectivity index (χ3n) is 4.46. The highest BCUT2D eigenvalue weighted by molar-refractivity contribution is 5.89. The summed E-state index contributed by atoms with van der Waals surface area (Å²) in [6, 6.07) is 2.12. The molecule has 0 unspecified atom stereocenters. The van der Waals surface area contributed by atoms with Crippen molar-refractivity contribution in [3.05, 3.63) is 18.0 Å². The molecule has 4 rings (SSSR count). The molecule has 5 nitrogen and oxygen atoms in total. The van der Waals surface area contributed by atoms with Crippen LogP contribution in [0.4, 0.5) is 5.95 Å². The number of nitrogens with zero attached hydrogens (tertiary/aromatic N) is 4. The molecule has 0 bridgehead atoms. The number of hydrogen-bond acceptors (Lipinski definition) is 4. The fourth-order valence-corrected chi connectivity index (χ4v) is 3.59. The van der Waals surface area contributed by atoms with Crippen molar-refractivity contribution >= 4 is 23.2 Å². The Morgan fingerprint density at radius 2 is 2.05 bits per heavy atom. The van der Waals surface area contributed by atoms with Crippen molar-refractivity contribution in [1.82, 2.24) is 14.5 Å². The van der Waals surface area contributed by atoms with Crippen LogP contribution in [0.2, 0.25) is 0 Å². The highest BCUT2D eigenvalue weighted by Crippen LogP contribution is 2.40. The minimum Gasteiger partial charge on any atom is -0.368 e.